The van der Waals surface area contributed by atoms with Crippen LogP contribution in [0, 0.1) is 20.8 Å². The van der Waals surface area contributed by atoms with Crippen molar-refractivity contribution >= 4 is 5.52 Å². The molecule has 1 unspecified atom stereocenters. The van der Waals surface area contributed by atoms with E-state index in [1.165, 1.54) is 22.3 Å². The molecule has 2 N–H and O–H groups in total. The van der Waals surface area contributed by atoms with Crippen LogP contribution in [0.1, 0.15) is 33.9 Å². The highest BCUT2D eigenvalue weighted by molar-refractivity contribution is 5.58. The van der Waals surface area contributed by atoms with Gasteiger partial charge in [-0.1, -0.05) is 18.2 Å². The fraction of sp³-hybridized carbons (Fsp3) is 0.235. The zero-order valence-electron chi connectivity index (χ0n) is 12.1. The van der Waals surface area contributed by atoms with Gasteiger partial charge >= 0.3 is 0 Å². The summed E-state index contributed by atoms with van der Waals surface area (Å²) in [5, 5.41) is 4.37. The summed E-state index contributed by atoms with van der Waals surface area (Å²) in [6.07, 6.45) is 3.81. The Balaban J connectivity index is 2.13. The molecule has 3 rings (SSSR count). The summed E-state index contributed by atoms with van der Waals surface area (Å²) in [4.78, 5) is 0. The van der Waals surface area contributed by atoms with Crippen LogP contribution in [0.3, 0.4) is 0 Å². The molecule has 0 aliphatic heterocycles. The van der Waals surface area contributed by atoms with Crippen LogP contribution in [0.25, 0.3) is 5.52 Å². The molecule has 0 spiro atoms. The van der Waals surface area contributed by atoms with Gasteiger partial charge < -0.3 is 5.73 Å². The first-order valence-corrected chi connectivity index (χ1v) is 6.83. The highest BCUT2D eigenvalue weighted by Gasteiger charge is 2.16. The number of benzene rings is 1. The summed E-state index contributed by atoms with van der Waals surface area (Å²) in [5.74, 6) is 0. The van der Waals surface area contributed by atoms with Gasteiger partial charge in [0.2, 0.25) is 0 Å². The number of nitrogens with zero attached hydrogens (tertiary/aromatic N) is 2. The summed E-state index contributed by atoms with van der Waals surface area (Å²) in [6.45, 7) is 6.38. The molecule has 0 aliphatic rings. The van der Waals surface area contributed by atoms with Gasteiger partial charge in [0.25, 0.3) is 0 Å². The fourth-order valence-electron chi connectivity index (χ4n) is 2.68. The predicted octanol–water partition coefficient (Wildman–Crippen LogP) is 3.31. The summed E-state index contributed by atoms with van der Waals surface area (Å²) in [7, 11) is 0. The summed E-state index contributed by atoms with van der Waals surface area (Å²) >= 11 is 0. The Kier molecular flexibility index (Phi) is 3.07. The molecular weight excluding hydrogens is 246 g/mol. The van der Waals surface area contributed by atoms with E-state index in [1.54, 1.807) is 0 Å². The van der Waals surface area contributed by atoms with Gasteiger partial charge in [-0.15, -0.1) is 0 Å². The van der Waals surface area contributed by atoms with Gasteiger partial charge in [0.15, 0.2) is 0 Å². The second-order valence-electron chi connectivity index (χ2n) is 5.40. The molecule has 3 heteroatoms. The number of hydrogen-bond acceptors (Lipinski definition) is 2. The molecule has 2 aromatic heterocycles. The minimum absolute atomic E-state index is 0.144. The molecule has 20 heavy (non-hydrogen) atoms. The number of hydrogen-bond donors (Lipinski definition) is 1. The van der Waals surface area contributed by atoms with Crippen molar-refractivity contribution in [1.29, 1.82) is 0 Å². The molecule has 0 fully saturated rings. The summed E-state index contributed by atoms with van der Waals surface area (Å²) in [6, 6.07) is 10.3. The van der Waals surface area contributed by atoms with E-state index in [2.05, 4.69) is 44.1 Å². The first-order chi connectivity index (χ1) is 9.58. The number of aryl methyl sites for hydroxylation is 3. The third-order valence-corrected chi connectivity index (χ3v) is 4.01. The molecule has 2 heterocycles. The van der Waals surface area contributed by atoms with Gasteiger partial charge in [-0.25, -0.2) is 4.52 Å². The predicted molar refractivity (Wildman–Crippen MR) is 81.9 cm³/mol. The van der Waals surface area contributed by atoms with E-state index >= 15 is 0 Å². The van der Waals surface area contributed by atoms with Crippen molar-refractivity contribution in [3.05, 3.63) is 70.5 Å². The molecule has 0 radical (unpaired) electrons. The Bertz CT molecular complexity index is 771. The lowest BCUT2D eigenvalue weighted by atomic mass is 9.93. The largest absolute Gasteiger partial charge is 0.320 e. The average Bonchev–Trinajstić information content (AvgIpc) is 2.86. The van der Waals surface area contributed by atoms with Gasteiger partial charge in [-0.3, -0.25) is 0 Å². The Morgan fingerprint density at radius 3 is 2.55 bits per heavy atom. The molecule has 0 amide bonds. The van der Waals surface area contributed by atoms with E-state index in [1.807, 2.05) is 29.0 Å². The van der Waals surface area contributed by atoms with Crippen LogP contribution in [0.4, 0.5) is 0 Å². The van der Waals surface area contributed by atoms with Crippen molar-refractivity contribution in [2.45, 2.75) is 26.8 Å². The molecule has 3 aromatic rings. The molecule has 0 aliphatic carbocycles. The van der Waals surface area contributed by atoms with Gasteiger partial charge in [-0.05, 0) is 55.2 Å². The van der Waals surface area contributed by atoms with E-state index in [0.717, 1.165) is 11.1 Å². The molecule has 1 atom stereocenters. The number of fused-ring (bicyclic) bond motifs is 1. The third-order valence-electron chi connectivity index (χ3n) is 4.01. The Hall–Kier alpha value is -2.13. The number of pyridine rings is 1. The number of rotatable bonds is 2. The Morgan fingerprint density at radius 2 is 1.75 bits per heavy atom. The van der Waals surface area contributed by atoms with E-state index in [0.29, 0.717) is 0 Å². The zero-order chi connectivity index (χ0) is 14.3. The molecule has 0 bridgehead atoms. The number of aromatic nitrogens is 2. The van der Waals surface area contributed by atoms with E-state index < -0.39 is 0 Å². The van der Waals surface area contributed by atoms with E-state index in [4.69, 9.17) is 5.73 Å². The smallest absolute Gasteiger partial charge is 0.0712 e. The van der Waals surface area contributed by atoms with Crippen LogP contribution in [0.2, 0.25) is 0 Å². The standard InChI is InChI=1S/C17H19N3/c1-11-8-13(3)14(9-12(11)2)17(18)15-10-19-20-7-5-4-6-16(15)20/h4-10,17H,18H2,1-3H3. The van der Waals surface area contributed by atoms with E-state index in [9.17, 15) is 0 Å². The molecule has 0 saturated heterocycles. The van der Waals surface area contributed by atoms with Crippen LogP contribution in [-0.2, 0) is 0 Å². The molecule has 102 valence electrons. The normalized spacial score (nSPS) is 12.8. The minimum atomic E-state index is -0.144. The second kappa shape index (κ2) is 4.76. The molecule has 3 nitrogen and oxygen atoms in total. The van der Waals surface area contributed by atoms with Crippen molar-refractivity contribution in [3.8, 4) is 0 Å². The van der Waals surface area contributed by atoms with Crippen molar-refractivity contribution in [3.63, 3.8) is 0 Å². The molecular formula is C17H19N3. The topological polar surface area (TPSA) is 43.3 Å². The molecule has 0 saturated carbocycles. The second-order valence-corrected chi connectivity index (χ2v) is 5.40. The van der Waals surface area contributed by atoms with Crippen molar-refractivity contribution in [1.82, 2.24) is 9.61 Å². The quantitative estimate of drug-likeness (QED) is 0.772. The SMILES string of the molecule is Cc1cc(C)c(C(N)c2cnn3ccccc23)cc1C. The van der Waals surface area contributed by atoms with Crippen LogP contribution < -0.4 is 5.73 Å². The Morgan fingerprint density at radius 1 is 1.00 bits per heavy atom. The lowest BCUT2D eigenvalue weighted by Gasteiger charge is -2.16. The maximum Gasteiger partial charge on any atom is 0.0712 e. The molecule has 1 aromatic carbocycles. The van der Waals surface area contributed by atoms with Gasteiger partial charge in [0.05, 0.1) is 17.8 Å². The van der Waals surface area contributed by atoms with E-state index in [-0.39, 0.29) is 6.04 Å². The maximum atomic E-state index is 6.49. The Labute approximate surface area is 119 Å². The monoisotopic (exact) mass is 265 g/mol. The van der Waals surface area contributed by atoms with Crippen LogP contribution in [-0.4, -0.2) is 9.61 Å². The van der Waals surface area contributed by atoms with Crippen molar-refractivity contribution in [2.24, 2.45) is 5.73 Å². The van der Waals surface area contributed by atoms with Gasteiger partial charge in [-0.2, -0.15) is 5.10 Å². The van der Waals surface area contributed by atoms with Crippen molar-refractivity contribution < 1.29 is 0 Å². The first kappa shape index (κ1) is 12.9. The van der Waals surface area contributed by atoms with Crippen molar-refractivity contribution in [2.75, 3.05) is 0 Å². The minimum Gasteiger partial charge on any atom is -0.320 e. The fourth-order valence-corrected chi connectivity index (χ4v) is 2.68. The summed E-state index contributed by atoms with van der Waals surface area (Å²) in [5.41, 5.74) is 13.6. The average molecular weight is 265 g/mol. The highest BCUT2D eigenvalue weighted by atomic mass is 15.2. The van der Waals surface area contributed by atoms with Crippen LogP contribution >= 0.6 is 0 Å². The zero-order valence-corrected chi connectivity index (χ0v) is 12.1. The van der Waals surface area contributed by atoms with Gasteiger partial charge in [0.1, 0.15) is 0 Å². The van der Waals surface area contributed by atoms with Crippen LogP contribution in [0.5, 0.6) is 0 Å². The first-order valence-electron chi connectivity index (χ1n) is 6.83. The maximum absolute atomic E-state index is 6.49. The van der Waals surface area contributed by atoms with Crippen LogP contribution in [0.15, 0.2) is 42.7 Å². The summed E-state index contributed by atoms with van der Waals surface area (Å²) < 4.78 is 1.87. The lowest BCUT2D eigenvalue weighted by molar-refractivity contribution is 0.866. The lowest BCUT2D eigenvalue weighted by Crippen LogP contribution is -2.13. The number of nitrogens with two attached hydrogens (primary N) is 1. The third kappa shape index (κ3) is 2.00. The van der Waals surface area contributed by atoms with Gasteiger partial charge in [0, 0.05) is 11.8 Å². The highest BCUT2D eigenvalue weighted by Crippen LogP contribution is 2.27.